The SMILES string of the molecule is Cc1cccc(-c2n[nH]c(=S)n2CCC(=O)Nc2nc(-c3cc4ccccc4o3)cs2)c1. The number of aryl methyl sites for hydroxylation is 1. The van der Waals surface area contributed by atoms with Crippen molar-refractivity contribution < 1.29 is 9.21 Å². The van der Waals surface area contributed by atoms with E-state index in [4.69, 9.17) is 16.6 Å². The van der Waals surface area contributed by atoms with Crippen molar-refractivity contribution in [2.24, 2.45) is 0 Å². The maximum absolute atomic E-state index is 12.6. The van der Waals surface area contributed by atoms with Crippen LogP contribution in [0.2, 0.25) is 0 Å². The van der Waals surface area contributed by atoms with Gasteiger partial charge < -0.3 is 9.73 Å². The number of fused-ring (bicyclic) bond motifs is 1. The molecule has 5 rings (SSSR count). The summed E-state index contributed by atoms with van der Waals surface area (Å²) in [5.41, 5.74) is 3.58. The lowest BCUT2D eigenvalue weighted by Gasteiger charge is -2.07. The van der Waals surface area contributed by atoms with E-state index < -0.39 is 0 Å². The largest absolute Gasteiger partial charge is 0.454 e. The molecule has 0 aliphatic heterocycles. The molecule has 0 fully saturated rings. The van der Waals surface area contributed by atoms with Crippen LogP contribution in [0.1, 0.15) is 12.0 Å². The predicted octanol–water partition coefficient (Wildman–Crippen LogP) is 5.81. The number of carbonyl (C=O) groups is 1. The number of aromatic amines is 1. The molecule has 7 nitrogen and oxygen atoms in total. The van der Waals surface area contributed by atoms with Crippen LogP contribution in [0, 0.1) is 11.7 Å². The van der Waals surface area contributed by atoms with E-state index in [0.29, 0.717) is 33.7 Å². The summed E-state index contributed by atoms with van der Waals surface area (Å²) < 4.78 is 8.17. The number of para-hydroxylation sites is 1. The molecule has 3 aromatic heterocycles. The molecule has 0 aliphatic carbocycles. The van der Waals surface area contributed by atoms with Crippen LogP contribution >= 0.6 is 23.6 Å². The summed E-state index contributed by atoms with van der Waals surface area (Å²) in [7, 11) is 0. The van der Waals surface area contributed by atoms with Crippen molar-refractivity contribution in [3.63, 3.8) is 0 Å². The summed E-state index contributed by atoms with van der Waals surface area (Å²) in [6.07, 6.45) is 0.242. The normalized spacial score (nSPS) is 11.2. The molecule has 0 aliphatic rings. The summed E-state index contributed by atoms with van der Waals surface area (Å²) in [4.78, 5) is 17.1. The van der Waals surface area contributed by atoms with Gasteiger partial charge in [-0.2, -0.15) is 5.10 Å². The van der Waals surface area contributed by atoms with Gasteiger partial charge in [-0.25, -0.2) is 4.98 Å². The third kappa shape index (κ3) is 4.12. The van der Waals surface area contributed by atoms with Gasteiger partial charge in [-0.3, -0.25) is 14.5 Å². The second-order valence-electron chi connectivity index (χ2n) is 7.36. The topological polar surface area (TPSA) is 88.7 Å². The van der Waals surface area contributed by atoms with Crippen molar-refractivity contribution >= 4 is 45.6 Å². The minimum atomic E-state index is -0.145. The fourth-order valence-electron chi connectivity index (χ4n) is 3.48. The van der Waals surface area contributed by atoms with Gasteiger partial charge in [0.25, 0.3) is 0 Å². The molecule has 1 amide bonds. The Kier molecular flexibility index (Phi) is 5.42. The Bertz CT molecular complexity index is 1440. The number of thiazole rings is 1. The molecular weight excluding hydrogens is 442 g/mol. The number of rotatable bonds is 6. The highest BCUT2D eigenvalue weighted by Gasteiger charge is 2.14. The number of nitrogens with one attached hydrogen (secondary N) is 2. The van der Waals surface area contributed by atoms with Crippen molar-refractivity contribution in [2.75, 3.05) is 5.32 Å². The van der Waals surface area contributed by atoms with E-state index in [1.54, 1.807) is 0 Å². The zero-order valence-electron chi connectivity index (χ0n) is 17.2. The lowest BCUT2D eigenvalue weighted by molar-refractivity contribution is -0.116. The first-order valence-corrected chi connectivity index (χ1v) is 11.3. The zero-order chi connectivity index (χ0) is 22.1. The Morgan fingerprint density at radius 2 is 2.09 bits per heavy atom. The third-order valence-electron chi connectivity index (χ3n) is 5.03. The number of H-pyrrole nitrogens is 1. The molecule has 9 heteroatoms. The van der Waals surface area contributed by atoms with Gasteiger partial charge in [-0.1, -0.05) is 42.0 Å². The first kappa shape index (κ1) is 20.3. The quantitative estimate of drug-likeness (QED) is 0.311. The van der Waals surface area contributed by atoms with Gasteiger partial charge in [0.1, 0.15) is 11.3 Å². The minimum absolute atomic E-state index is 0.145. The van der Waals surface area contributed by atoms with E-state index in [9.17, 15) is 4.79 Å². The van der Waals surface area contributed by atoms with Crippen molar-refractivity contribution in [3.05, 3.63) is 70.3 Å². The monoisotopic (exact) mass is 461 g/mol. The summed E-state index contributed by atoms with van der Waals surface area (Å²) in [6, 6.07) is 17.8. The molecule has 0 saturated carbocycles. The van der Waals surface area contributed by atoms with E-state index in [1.165, 1.54) is 11.3 Å². The van der Waals surface area contributed by atoms with Gasteiger partial charge >= 0.3 is 0 Å². The highest BCUT2D eigenvalue weighted by atomic mass is 32.1. The van der Waals surface area contributed by atoms with E-state index in [-0.39, 0.29) is 12.3 Å². The van der Waals surface area contributed by atoms with Gasteiger partial charge in [0.15, 0.2) is 21.5 Å². The van der Waals surface area contributed by atoms with Crippen molar-refractivity contribution in [2.45, 2.75) is 19.9 Å². The zero-order valence-corrected chi connectivity index (χ0v) is 18.8. The Morgan fingerprint density at radius 3 is 2.94 bits per heavy atom. The Hall–Kier alpha value is -3.56. The summed E-state index contributed by atoms with van der Waals surface area (Å²) >= 11 is 6.73. The highest BCUT2D eigenvalue weighted by Crippen LogP contribution is 2.30. The van der Waals surface area contributed by atoms with E-state index >= 15 is 0 Å². The molecular formula is C23H19N5O2S2. The maximum Gasteiger partial charge on any atom is 0.227 e. The molecule has 0 unspecified atom stereocenters. The van der Waals surface area contributed by atoms with Gasteiger partial charge in [-0.05, 0) is 37.3 Å². The Balaban J connectivity index is 1.27. The number of carbonyl (C=O) groups excluding carboxylic acids is 1. The summed E-state index contributed by atoms with van der Waals surface area (Å²) in [5.74, 6) is 1.25. The second kappa shape index (κ2) is 8.52. The fraction of sp³-hybridized carbons (Fsp3) is 0.130. The van der Waals surface area contributed by atoms with Crippen LogP contribution in [-0.2, 0) is 11.3 Å². The van der Waals surface area contributed by atoms with Crippen LogP contribution in [0.25, 0.3) is 33.8 Å². The number of furan rings is 1. The van der Waals surface area contributed by atoms with E-state index in [0.717, 1.165) is 22.1 Å². The van der Waals surface area contributed by atoms with Gasteiger partial charge in [0.2, 0.25) is 5.91 Å². The number of amides is 1. The van der Waals surface area contributed by atoms with Crippen LogP contribution < -0.4 is 5.32 Å². The molecule has 0 bridgehead atoms. The second-order valence-corrected chi connectivity index (χ2v) is 8.60. The molecule has 160 valence electrons. The smallest absolute Gasteiger partial charge is 0.227 e. The molecule has 0 atom stereocenters. The first-order chi connectivity index (χ1) is 15.6. The molecule has 5 aromatic rings. The number of anilines is 1. The number of hydrogen-bond acceptors (Lipinski definition) is 6. The van der Waals surface area contributed by atoms with Crippen LogP contribution in [0.5, 0.6) is 0 Å². The fourth-order valence-corrected chi connectivity index (χ4v) is 4.42. The van der Waals surface area contributed by atoms with Crippen molar-refractivity contribution in [1.29, 1.82) is 0 Å². The van der Waals surface area contributed by atoms with Crippen LogP contribution in [0.15, 0.2) is 64.4 Å². The van der Waals surface area contributed by atoms with Crippen LogP contribution in [0.3, 0.4) is 0 Å². The van der Waals surface area contributed by atoms with E-state index in [1.807, 2.05) is 71.5 Å². The van der Waals surface area contributed by atoms with Crippen molar-refractivity contribution in [1.82, 2.24) is 19.7 Å². The molecule has 2 N–H and O–H groups in total. The first-order valence-electron chi connectivity index (χ1n) is 10.0. The highest BCUT2D eigenvalue weighted by molar-refractivity contribution is 7.71. The number of hydrogen-bond donors (Lipinski definition) is 2. The van der Waals surface area contributed by atoms with Gasteiger partial charge in [0, 0.05) is 29.3 Å². The molecule has 0 spiro atoms. The standard InChI is InChI=1S/C23H19N5O2S2/c1-14-5-4-7-16(11-14)21-26-27-23(31)28(21)10-9-20(29)25-22-24-17(13-32-22)19-12-15-6-2-3-8-18(15)30-19/h2-8,11-13H,9-10H2,1H3,(H,27,31)(H,24,25,29). The molecule has 32 heavy (non-hydrogen) atoms. The maximum atomic E-state index is 12.6. The predicted molar refractivity (Wildman–Crippen MR) is 128 cm³/mol. The van der Waals surface area contributed by atoms with Crippen molar-refractivity contribution in [3.8, 4) is 22.8 Å². The average Bonchev–Trinajstić information content (AvgIpc) is 3.50. The average molecular weight is 462 g/mol. The Morgan fingerprint density at radius 1 is 1.22 bits per heavy atom. The lowest BCUT2D eigenvalue weighted by atomic mass is 10.1. The number of nitrogens with zero attached hydrogens (tertiary/aromatic N) is 3. The van der Waals surface area contributed by atoms with Crippen LogP contribution in [-0.4, -0.2) is 25.7 Å². The van der Waals surface area contributed by atoms with E-state index in [2.05, 4.69) is 20.5 Å². The number of aromatic nitrogens is 4. The summed E-state index contributed by atoms with van der Waals surface area (Å²) in [6.45, 7) is 2.43. The minimum Gasteiger partial charge on any atom is -0.454 e. The Labute approximate surface area is 192 Å². The van der Waals surface area contributed by atoms with Gasteiger partial charge in [-0.15, -0.1) is 11.3 Å². The molecule has 0 saturated heterocycles. The lowest BCUT2D eigenvalue weighted by Crippen LogP contribution is -2.15. The molecule has 0 radical (unpaired) electrons. The van der Waals surface area contributed by atoms with Crippen LogP contribution in [0.4, 0.5) is 5.13 Å². The van der Waals surface area contributed by atoms with Gasteiger partial charge in [0.05, 0.1) is 0 Å². The molecule has 2 aromatic carbocycles. The molecule has 3 heterocycles. The third-order valence-corrected chi connectivity index (χ3v) is 6.09. The number of benzene rings is 2. The summed E-state index contributed by atoms with van der Waals surface area (Å²) in [5, 5.41) is 13.4.